The lowest BCUT2D eigenvalue weighted by molar-refractivity contribution is -0.796. The van der Waals surface area contributed by atoms with Crippen molar-refractivity contribution in [3.63, 3.8) is 0 Å². The van der Waals surface area contributed by atoms with Crippen molar-refractivity contribution in [1.82, 2.24) is 9.88 Å². The van der Waals surface area contributed by atoms with Gasteiger partial charge in [-0.2, -0.15) is 0 Å². The van der Waals surface area contributed by atoms with Crippen molar-refractivity contribution in [2.24, 2.45) is 33.9 Å². The normalized spacial score (nSPS) is 35.9. The predicted octanol–water partition coefficient (Wildman–Crippen LogP) is 4.94. The molecular weight excluding hydrogens is 853 g/mol. The number of thiophene rings is 1. The summed E-state index contributed by atoms with van der Waals surface area (Å²) in [6, 6.07) is 8.82. The minimum absolute atomic E-state index is 0.0149. The van der Waals surface area contributed by atoms with Crippen LogP contribution in [0.2, 0.25) is 0 Å². The third-order valence-electron chi connectivity index (χ3n) is 12.4. The standard InChI is InChI=1S/C44H65N6O13S/c1-12-34-44(9,54)40-25(4)36(47-50(55)56)23(2)19-43(8,58-21-29(20-57-40)48-59-22-30-16-17-33(64-30)31-14-13-15-35(45)46-31)39(26(5)37(52)27(6)41(53)62-34)63-42-38(61-28(7)51)32(49(10)11)18-24(3)60-42/h13-17,23-27,32,34,38-40,42,54H,12,18-22H2,1-11H3,(H2,45,46)(H,55,56)/q+1/b47-36+,48-29+/t23-,24-,25+,26+,27-,32+,34-,38-,39-,40-,42+,43-,44-/m1/s1. The number of carbonyl (C=O) groups excluding carboxylic acids is 3. The lowest BCUT2D eigenvalue weighted by Crippen LogP contribution is -2.60. The van der Waals surface area contributed by atoms with Crippen LogP contribution in [0.5, 0.6) is 0 Å². The molecule has 0 saturated carbocycles. The maximum atomic E-state index is 14.6. The molecule has 2 bridgehead atoms. The highest BCUT2D eigenvalue weighted by Gasteiger charge is 2.54. The van der Waals surface area contributed by atoms with Gasteiger partial charge in [0.2, 0.25) is 0 Å². The summed E-state index contributed by atoms with van der Waals surface area (Å²) in [6.07, 6.45) is -5.70. The molecule has 0 radical (unpaired) electrons. The molecule has 3 saturated heterocycles. The topological polar surface area (TPSA) is 243 Å². The average molecular weight is 918 g/mol. The van der Waals surface area contributed by atoms with Crippen LogP contribution in [0.3, 0.4) is 0 Å². The number of nitrogen functional groups attached to an aromatic ring is 1. The van der Waals surface area contributed by atoms with Crippen LogP contribution in [0.1, 0.15) is 86.5 Å². The maximum absolute atomic E-state index is 14.6. The van der Waals surface area contributed by atoms with E-state index in [-0.39, 0.29) is 56.2 Å². The fourth-order valence-electron chi connectivity index (χ4n) is 9.17. The number of ether oxygens (including phenoxy) is 6. The number of aromatic nitrogens is 1. The number of hydrogen-bond acceptors (Lipinski definition) is 17. The fourth-order valence-corrected chi connectivity index (χ4v) is 10.1. The van der Waals surface area contributed by atoms with Gasteiger partial charge in [0.15, 0.2) is 24.8 Å². The molecule has 2 aromatic rings. The Morgan fingerprint density at radius 2 is 1.81 bits per heavy atom. The molecule has 3 aliphatic heterocycles. The summed E-state index contributed by atoms with van der Waals surface area (Å²) >= 11 is 1.45. The fraction of sp³-hybridized carbons (Fsp3) is 0.682. The molecule has 20 heteroatoms. The van der Waals surface area contributed by atoms with E-state index in [1.54, 1.807) is 40.7 Å². The summed E-state index contributed by atoms with van der Waals surface area (Å²) in [5, 5.41) is 30.4. The molecule has 3 aliphatic rings. The molecule has 0 amide bonds. The molecule has 5 rings (SSSR count). The van der Waals surface area contributed by atoms with Crippen molar-refractivity contribution < 1.29 is 63.0 Å². The lowest BCUT2D eigenvalue weighted by atomic mass is 9.74. The van der Waals surface area contributed by atoms with Crippen molar-refractivity contribution in [1.29, 1.82) is 0 Å². The van der Waals surface area contributed by atoms with E-state index >= 15 is 0 Å². The molecule has 19 nitrogen and oxygen atoms in total. The quantitative estimate of drug-likeness (QED) is 0.162. The van der Waals surface area contributed by atoms with Crippen molar-refractivity contribution in [2.45, 2.75) is 142 Å². The first kappa shape index (κ1) is 50.6. The molecule has 354 valence electrons. The van der Waals surface area contributed by atoms with Gasteiger partial charge in [-0.15, -0.1) is 11.3 Å². The second-order valence-electron chi connectivity index (χ2n) is 17.8. The van der Waals surface area contributed by atoms with Crippen molar-refractivity contribution in [2.75, 3.05) is 33.0 Å². The summed E-state index contributed by atoms with van der Waals surface area (Å²) in [6.45, 7) is 14.0. The molecule has 0 aliphatic carbocycles. The smallest absolute Gasteiger partial charge is 0.387 e. The van der Waals surface area contributed by atoms with Crippen LogP contribution in [-0.2, 0) is 54.2 Å². The monoisotopic (exact) mass is 917 g/mol. The number of fused-ring (bicyclic) bond motifs is 5. The van der Waals surface area contributed by atoms with E-state index < -0.39 is 88.3 Å². The van der Waals surface area contributed by atoms with Gasteiger partial charge in [-0.05, 0) is 85.3 Å². The van der Waals surface area contributed by atoms with Gasteiger partial charge in [0.25, 0.3) is 0 Å². The number of nitrogens with two attached hydrogens (primary N) is 1. The Morgan fingerprint density at radius 3 is 2.45 bits per heavy atom. The predicted molar refractivity (Wildman–Crippen MR) is 235 cm³/mol. The Morgan fingerprint density at radius 1 is 1.09 bits per heavy atom. The Balaban J connectivity index is 1.66. The van der Waals surface area contributed by atoms with E-state index in [9.17, 15) is 29.6 Å². The lowest BCUT2D eigenvalue weighted by Gasteiger charge is -2.48. The molecule has 4 N–H and O–H groups in total. The number of rotatable bonds is 10. The third-order valence-corrected chi connectivity index (χ3v) is 13.5. The van der Waals surface area contributed by atoms with Crippen LogP contribution in [0, 0.1) is 28.6 Å². The third kappa shape index (κ3) is 11.9. The zero-order valence-electron chi connectivity index (χ0n) is 38.6. The van der Waals surface area contributed by atoms with Gasteiger partial charge < -0.3 is 49.0 Å². The van der Waals surface area contributed by atoms with Crippen LogP contribution in [0.15, 0.2) is 40.6 Å². The number of hydrazone groups is 1. The number of aliphatic hydroxyl groups is 1. The highest BCUT2D eigenvalue weighted by molar-refractivity contribution is 7.15. The van der Waals surface area contributed by atoms with Gasteiger partial charge in [-0.25, -0.2) is 10.2 Å². The zero-order chi connectivity index (χ0) is 47.3. The van der Waals surface area contributed by atoms with Gasteiger partial charge in [0.1, 0.15) is 39.8 Å². The maximum Gasteiger partial charge on any atom is 0.387 e. The minimum atomic E-state index is -1.96. The number of nitrogens with zero attached hydrogens (tertiary/aromatic N) is 5. The molecule has 64 heavy (non-hydrogen) atoms. The molecule has 13 atom stereocenters. The summed E-state index contributed by atoms with van der Waals surface area (Å²) in [4.78, 5) is 67.5. The van der Waals surface area contributed by atoms with Crippen LogP contribution in [-0.4, -0.2) is 136 Å². The van der Waals surface area contributed by atoms with Crippen molar-refractivity contribution in [3.05, 3.63) is 40.1 Å². The minimum Gasteiger partial charge on any atom is -0.459 e. The van der Waals surface area contributed by atoms with Crippen LogP contribution >= 0.6 is 11.3 Å². The molecule has 5 heterocycles. The van der Waals surface area contributed by atoms with Gasteiger partial charge in [0.05, 0.1) is 58.8 Å². The number of cyclic esters (lactones) is 1. The van der Waals surface area contributed by atoms with E-state index in [0.29, 0.717) is 17.9 Å². The number of hydrogen-bond donors (Lipinski definition) is 3. The Labute approximate surface area is 378 Å². The van der Waals surface area contributed by atoms with E-state index in [1.807, 2.05) is 50.2 Å². The molecule has 3 fully saturated rings. The van der Waals surface area contributed by atoms with Crippen molar-refractivity contribution >= 4 is 46.3 Å². The van der Waals surface area contributed by atoms with Crippen LogP contribution in [0.4, 0.5) is 5.82 Å². The molecule has 0 aromatic carbocycles. The highest BCUT2D eigenvalue weighted by Crippen LogP contribution is 2.40. The first-order valence-corrected chi connectivity index (χ1v) is 22.5. The average Bonchev–Trinajstić information content (AvgIpc) is 3.70. The second kappa shape index (κ2) is 21.2. The summed E-state index contributed by atoms with van der Waals surface area (Å²) in [5.74, 6) is -5.74. The zero-order valence-corrected chi connectivity index (χ0v) is 39.4. The first-order chi connectivity index (χ1) is 30.1. The Bertz CT molecular complexity index is 2040. The largest absolute Gasteiger partial charge is 0.459 e. The van der Waals surface area contributed by atoms with Crippen LogP contribution < -0.4 is 5.73 Å². The number of esters is 2. The SMILES string of the molecule is CC[C@H]1OC(=O)[C@H](C)C(=O)[C@H](C)[C@@H](O[C@@H]2O[C@H](C)C[C@H](N(C)C)[C@H]2OC(C)=O)[C@@]2(C)C[C@@H](C)/C(=N\[N+](=O)O)[C@H](C)[C@@H](OC/C(=N\OCc3ccc(-c4cccc(N)n4)s3)CO2)[C@]1(C)O. The van der Waals surface area contributed by atoms with Crippen LogP contribution in [0.25, 0.3) is 10.6 Å². The van der Waals surface area contributed by atoms with E-state index in [1.165, 1.54) is 32.1 Å². The Kier molecular flexibility index (Phi) is 16.8. The number of anilines is 1. The van der Waals surface area contributed by atoms with Crippen molar-refractivity contribution in [3.8, 4) is 10.6 Å². The highest BCUT2D eigenvalue weighted by atomic mass is 32.1. The summed E-state index contributed by atoms with van der Waals surface area (Å²) in [7, 11) is 3.70. The number of likely N-dealkylation sites (N-methyl/N-ethyl adjacent to an activating group) is 1. The number of carbonyl (C=O) groups is 3. The molecule has 0 unspecified atom stereocenters. The summed E-state index contributed by atoms with van der Waals surface area (Å²) < 4.78 is 38.5. The summed E-state index contributed by atoms with van der Waals surface area (Å²) in [5.41, 5.74) is 3.46. The number of Topliss-reactive ketones (excluding diaryl/α,β-unsaturated/α-hetero) is 1. The van der Waals surface area contributed by atoms with E-state index in [0.717, 1.165) is 9.75 Å². The van der Waals surface area contributed by atoms with E-state index in [2.05, 4.69) is 15.2 Å². The second-order valence-corrected chi connectivity index (χ2v) is 19.0. The number of oxime groups is 1. The molecular formula is C44H65N6O13S+. The van der Waals surface area contributed by atoms with Gasteiger partial charge in [-0.1, -0.05) is 38.9 Å². The Hall–Kier alpha value is -4.44. The molecule has 0 spiro atoms. The van der Waals surface area contributed by atoms with Gasteiger partial charge >= 0.3 is 17.0 Å². The number of pyridine rings is 1. The van der Waals surface area contributed by atoms with Gasteiger partial charge in [0, 0.05) is 29.6 Å². The molecule has 2 aromatic heterocycles. The van der Waals surface area contributed by atoms with E-state index in [4.69, 9.17) is 39.0 Å². The number of ketones is 1. The first-order valence-electron chi connectivity index (χ1n) is 21.7. The van der Waals surface area contributed by atoms with Gasteiger partial charge in [-0.3, -0.25) is 14.4 Å².